The molecule has 0 bridgehead atoms. The smallest absolute Gasteiger partial charge is 0.380 e. The highest BCUT2D eigenvalue weighted by atomic mass is 19.4. The Morgan fingerprint density at radius 3 is 2.48 bits per heavy atom. The number of nitrogens with one attached hydrogen (secondary N) is 1. The van der Waals surface area contributed by atoms with E-state index in [1.807, 2.05) is 0 Å². The fourth-order valence-electron chi connectivity index (χ4n) is 1.96. The zero-order valence-corrected chi connectivity index (χ0v) is 11.9. The molecule has 0 spiro atoms. The highest BCUT2D eigenvalue weighted by Crippen LogP contribution is 2.26. The molecule has 8 heteroatoms. The number of anilines is 1. The number of nitro benzene ring substituents is 1. The summed E-state index contributed by atoms with van der Waals surface area (Å²) in [7, 11) is 0. The van der Waals surface area contributed by atoms with Crippen LogP contribution in [0.15, 0.2) is 18.2 Å². The Kier molecular flexibility index (Phi) is 5.95. The number of benzene rings is 1. The lowest BCUT2D eigenvalue weighted by Gasteiger charge is -2.22. The summed E-state index contributed by atoms with van der Waals surface area (Å²) < 4.78 is 37.2. The van der Waals surface area contributed by atoms with E-state index in [-0.39, 0.29) is 18.8 Å². The van der Waals surface area contributed by atoms with E-state index in [9.17, 15) is 23.3 Å². The maximum absolute atomic E-state index is 12.4. The quantitative estimate of drug-likeness (QED) is 0.619. The Hall–Kier alpha value is -1.83. The normalized spacial score (nSPS) is 11.7. The van der Waals surface area contributed by atoms with Gasteiger partial charge in [0.25, 0.3) is 5.69 Å². The topological polar surface area (TPSA) is 58.4 Å². The molecule has 0 saturated heterocycles. The van der Waals surface area contributed by atoms with Crippen LogP contribution in [-0.4, -0.2) is 35.6 Å². The number of rotatable bonds is 7. The van der Waals surface area contributed by atoms with Gasteiger partial charge in [-0.2, -0.15) is 13.2 Å². The fourth-order valence-corrected chi connectivity index (χ4v) is 1.96. The molecule has 5 nitrogen and oxygen atoms in total. The average Bonchev–Trinajstić information content (AvgIpc) is 2.38. The Labute approximate surface area is 120 Å². The summed E-state index contributed by atoms with van der Waals surface area (Å²) in [5, 5.41) is 13.9. The first-order valence-electron chi connectivity index (χ1n) is 6.57. The fraction of sp³-hybridized carbons (Fsp3) is 0.538. The molecular formula is C13H18F3N3O2. The molecule has 1 N–H and O–H groups in total. The van der Waals surface area contributed by atoms with Crippen LogP contribution >= 0.6 is 0 Å². The highest BCUT2D eigenvalue weighted by molar-refractivity contribution is 5.62. The van der Waals surface area contributed by atoms with Crippen LogP contribution in [0.5, 0.6) is 0 Å². The minimum atomic E-state index is -4.29. The standard InChI is InChI=1S/C13H18F3N3O2/c1-3-17-11-6-5-10(7-12(11)19(20)21)8-18(4-2)9-13(14,15)16/h5-7,17H,3-4,8-9H2,1-2H3. The van der Waals surface area contributed by atoms with Crippen LogP contribution in [0.4, 0.5) is 24.5 Å². The van der Waals surface area contributed by atoms with Crippen LogP contribution in [0.3, 0.4) is 0 Å². The molecule has 0 saturated carbocycles. The summed E-state index contributed by atoms with van der Waals surface area (Å²) in [6.45, 7) is 3.14. The molecule has 0 fully saturated rings. The third-order valence-corrected chi connectivity index (χ3v) is 2.88. The zero-order chi connectivity index (χ0) is 16.0. The molecule has 0 aliphatic rings. The van der Waals surface area contributed by atoms with Gasteiger partial charge in [-0.1, -0.05) is 13.0 Å². The third-order valence-electron chi connectivity index (χ3n) is 2.88. The molecule has 0 aliphatic carbocycles. The molecule has 0 unspecified atom stereocenters. The molecule has 21 heavy (non-hydrogen) atoms. The molecule has 0 aromatic heterocycles. The first-order valence-corrected chi connectivity index (χ1v) is 6.57. The minimum absolute atomic E-state index is 0.0171. The van der Waals surface area contributed by atoms with Crippen molar-refractivity contribution in [2.45, 2.75) is 26.6 Å². The lowest BCUT2D eigenvalue weighted by Crippen LogP contribution is -2.33. The molecule has 1 rings (SSSR count). The predicted molar refractivity (Wildman–Crippen MR) is 74.3 cm³/mol. The summed E-state index contributed by atoms with van der Waals surface area (Å²) in [6, 6.07) is 4.44. The van der Waals surface area contributed by atoms with Gasteiger partial charge in [0.2, 0.25) is 0 Å². The number of hydrogen-bond acceptors (Lipinski definition) is 4. The third kappa shape index (κ3) is 5.58. The van der Waals surface area contributed by atoms with E-state index in [1.54, 1.807) is 19.9 Å². The van der Waals surface area contributed by atoms with Crippen molar-refractivity contribution >= 4 is 11.4 Å². The van der Waals surface area contributed by atoms with Crippen molar-refractivity contribution in [3.63, 3.8) is 0 Å². The van der Waals surface area contributed by atoms with E-state index >= 15 is 0 Å². The van der Waals surface area contributed by atoms with Crippen LogP contribution in [0.25, 0.3) is 0 Å². The van der Waals surface area contributed by atoms with Crippen LogP contribution in [0, 0.1) is 10.1 Å². The Balaban J connectivity index is 2.93. The monoisotopic (exact) mass is 305 g/mol. The van der Waals surface area contributed by atoms with E-state index in [4.69, 9.17) is 0 Å². The van der Waals surface area contributed by atoms with Crippen molar-refractivity contribution in [3.8, 4) is 0 Å². The van der Waals surface area contributed by atoms with Crippen molar-refractivity contribution in [3.05, 3.63) is 33.9 Å². The van der Waals surface area contributed by atoms with Crippen LogP contribution < -0.4 is 5.32 Å². The van der Waals surface area contributed by atoms with Crippen molar-refractivity contribution in [2.24, 2.45) is 0 Å². The first-order chi connectivity index (χ1) is 9.76. The van der Waals surface area contributed by atoms with Crippen LogP contribution in [0.1, 0.15) is 19.4 Å². The number of halogens is 3. The average molecular weight is 305 g/mol. The van der Waals surface area contributed by atoms with Gasteiger partial charge in [-0.3, -0.25) is 15.0 Å². The lowest BCUT2D eigenvalue weighted by molar-refractivity contribution is -0.384. The summed E-state index contributed by atoms with van der Waals surface area (Å²) >= 11 is 0. The van der Waals surface area contributed by atoms with Crippen molar-refractivity contribution in [2.75, 3.05) is 25.0 Å². The Morgan fingerprint density at radius 1 is 1.33 bits per heavy atom. The molecule has 0 atom stereocenters. The molecule has 0 heterocycles. The summed E-state index contributed by atoms with van der Waals surface area (Å²) in [5.74, 6) is 0. The highest BCUT2D eigenvalue weighted by Gasteiger charge is 2.30. The van der Waals surface area contributed by atoms with Gasteiger partial charge in [0.15, 0.2) is 0 Å². The van der Waals surface area contributed by atoms with E-state index in [1.165, 1.54) is 17.0 Å². The molecule has 1 aromatic carbocycles. The van der Waals surface area contributed by atoms with Crippen molar-refractivity contribution in [1.82, 2.24) is 4.90 Å². The maximum atomic E-state index is 12.4. The molecular weight excluding hydrogens is 287 g/mol. The van der Waals surface area contributed by atoms with Gasteiger partial charge < -0.3 is 5.32 Å². The lowest BCUT2D eigenvalue weighted by atomic mass is 10.1. The van der Waals surface area contributed by atoms with Gasteiger partial charge in [0.05, 0.1) is 11.5 Å². The molecule has 0 amide bonds. The molecule has 0 radical (unpaired) electrons. The van der Waals surface area contributed by atoms with Crippen molar-refractivity contribution < 1.29 is 18.1 Å². The van der Waals surface area contributed by atoms with Crippen molar-refractivity contribution in [1.29, 1.82) is 0 Å². The summed E-state index contributed by atoms with van der Waals surface area (Å²) in [6.07, 6.45) is -4.29. The van der Waals surface area contributed by atoms with E-state index in [0.29, 0.717) is 17.8 Å². The second kappa shape index (κ2) is 7.26. The van der Waals surface area contributed by atoms with Gasteiger partial charge in [-0.05, 0) is 25.1 Å². The predicted octanol–water partition coefficient (Wildman–Crippen LogP) is 3.41. The first kappa shape index (κ1) is 17.2. The van der Waals surface area contributed by atoms with Crippen LogP contribution in [-0.2, 0) is 6.54 Å². The Morgan fingerprint density at radius 2 is 2.00 bits per heavy atom. The van der Waals surface area contributed by atoms with Gasteiger partial charge in [-0.25, -0.2) is 0 Å². The number of hydrogen-bond donors (Lipinski definition) is 1. The van der Waals surface area contributed by atoms with Gasteiger partial charge in [-0.15, -0.1) is 0 Å². The van der Waals surface area contributed by atoms with Gasteiger partial charge >= 0.3 is 6.18 Å². The molecule has 1 aromatic rings. The largest absolute Gasteiger partial charge is 0.401 e. The van der Waals surface area contributed by atoms with Crippen LogP contribution in [0.2, 0.25) is 0 Å². The van der Waals surface area contributed by atoms with Gasteiger partial charge in [0, 0.05) is 19.2 Å². The van der Waals surface area contributed by atoms with E-state index in [0.717, 1.165) is 0 Å². The van der Waals surface area contributed by atoms with E-state index < -0.39 is 17.6 Å². The SMILES string of the molecule is CCNc1ccc(CN(CC)CC(F)(F)F)cc1[N+](=O)[O-]. The molecule has 0 aliphatic heterocycles. The summed E-state index contributed by atoms with van der Waals surface area (Å²) in [4.78, 5) is 11.7. The zero-order valence-electron chi connectivity index (χ0n) is 11.9. The second-order valence-electron chi connectivity index (χ2n) is 4.56. The Bertz CT molecular complexity index is 492. The number of nitro groups is 1. The van der Waals surface area contributed by atoms with Gasteiger partial charge in [0.1, 0.15) is 5.69 Å². The maximum Gasteiger partial charge on any atom is 0.401 e. The summed E-state index contributed by atoms with van der Waals surface area (Å²) in [5.41, 5.74) is 0.719. The number of nitrogens with zero attached hydrogens (tertiary/aromatic N) is 2. The van der Waals surface area contributed by atoms with E-state index in [2.05, 4.69) is 5.32 Å². The minimum Gasteiger partial charge on any atom is -0.380 e. The second-order valence-corrected chi connectivity index (χ2v) is 4.56. The number of alkyl halides is 3. The molecule has 118 valence electrons.